The summed E-state index contributed by atoms with van der Waals surface area (Å²) in [5.74, 6) is 0. The second kappa shape index (κ2) is 19.8. The van der Waals surface area contributed by atoms with Crippen molar-refractivity contribution in [2.45, 2.75) is 206 Å². The summed E-state index contributed by atoms with van der Waals surface area (Å²) >= 11 is 0. The van der Waals surface area contributed by atoms with Gasteiger partial charge in [0.2, 0.25) is 8.32 Å². The number of hydrogen-bond acceptors (Lipinski definition) is 6. The van der Waals surface area contributed by atoms with Gasteiger partial charge in [-0.15, -0.1) is 0 Å². The third kappa shape index (κ3) is 15.8. The van der Waals surface area contributed by atoms with Crippen LogP contribution in [0.15, 0.2) is 11.6 Å². The molecule has 0 aliphatic carbocycles. The molecule has 0 N–H and O–H groups in total. The molecule has 286 valence electrons. The molecule has 0 aromatic rings. The fourth-order valence-corrected chi connectivity index (χ4v) is 15.1. The number of aldehydes is 1. The van der Waals surface area contributed by atoms with Crippen LogP contribution in [-0.4, -0.2) is 77.6 Å². The quantitative estimate of drug-likeness (QED) is 0.0341. The first-order valence-electron chi connectivity index (χ1n) is 18.8. The van der Waals surface area contributed by atoms with Crippen LogP contribution in [0.2, 0.25) is 78.6 Å². The highest BCUT2D eigenvalue weighted by Gasteiger charge is 2.45. The largest absolute Gasteiger partial charge is 0.414 e. The molecule has 3 atom stereocenters. The minimum atomic E-state index is -2.16. The van der Waals surface area contributed by atoms with Crippen LogP contribution in [0.25, 0.3) is 0 Å². The number of hydrogen-bond donors (Lipinski definition) is 0. The summed E-state index contributed by atoms with van der Waals surface area (Å²) in [4.78, 5) is 12.0. The predicted molar refractivity (Wildman–Crippen MR) is 219 cm³/mol. The lowest BCUT2D eigenvalue weighted by molar-refractivity contribution is -0.125. The molecule has 0 aromatic heterocycles. The molecule has 0 radical (unpaired) electrons. The molecule has 0 aliphatic heterocycles. The highest BCUT2D eigenvalue weighted by Crippen LogP contribution is 2.43. The molecule has 0 spiro atoms. The van der Waals surface area contributed by atoms with Gasteiger partial charge in [0.1, 0.15) is 13.1 Å². The van der Waals surface area contributed by atoms with Crippen LogP contribution in [-0.2, 0) is 27.5 Å². The highest BCUT2D eigenvalue weighted by atomic mass is 28.4. The molecule has 0 rings (SSSR count). The van der Waals surface area contributed by atoms with Crippen molar-refractivity contribution < 1.29 is 27.5 Å². The van der Waals surface area contributed by atoms with Gasteiger partial charge in [0.25, 0.3) is 0 Å². The van der Waals surface area contributed by atoms with E-state index in [0.29, 0.717) is 49.1 Å². The number of carbonyl (C=O) groups is 1. The lowest BCUT2D eigenvalue weighted by Crippen LogP contribution is -2.49. The predicted octanol–water partition coefficient (Wildman–Crippen LogP) is 12.0. The standard InChI is InChI=1S/C38H82O6Si4/c1-30(2)48(31(3)4,32(5)6)42-24-22-34(21-23-39)27-35(44-47(19,20)38(11,12)13)28-36(41-29-40-25-26-45(14,15)16)33(7)43-46(17,18)37(8,9)10/h22-23,30-33,35-36H,21,24-29H2,1-20H3/b34-22-/t33-,35+,36-/m1/s1. The van der Waals surface area contributed by atoms with Crippen LogP contribution >= 0.6 is 0 Å². The van der Waals surface area contributed by atoms with Crippen molar-refractivity contribution in [3.8, 4) is 0 Å². The summed E-state index contributed by atoms with van der Waals surface area (Å²) < 4.78 is 33.6. The molecule has 0 fully saturated rings. The molecular formula is C38H82O6Si4. The summed E-state index contributed by atoms with van der Waals surface area (Å²) in [6.45, 7) is 47.5. The normalized spacial score (nSPS) is 16.6. The van der Waals surface area contributed by atoms with E-state index in [2.05, 4.69) is 142 Å². The molecule has 0 aromatic carbocycles. The van der Waals surface area contributed by atoms with E-state index in [4.69, 9.17) is 22.8 Å². The smallest absolute Gasteiger partial charge is 0.200 e. The second-order valence-electron chi connectivity index (χ2n) is 19.4. The van der Waals surface area contributed by atoms with Gasteiger partial charge in [-0.1, -0.05) is 114 Å². The molecule has 6 nitrogen and oxygen atoms in total. The maximum absolute atomic E-state index is 12.0. The first kappa shape index (κ1) is 48.1. The summed E-state index contributed by atoms with van der Waals surface area (Å²) in [6.07, 6.45) is 4.44. The van der Waals surface area contributed by atoms with E-state index in [1.54, 1.807) is 0 Å². The van der Waals surface area contributed by atoms with E-state index in [0.717, 1.165) is 17.9 Å². The van der Waals surface area contributed by atoms with Gasteiger partial charge in [-0.2, -0.15) is 0 Å². The summed E-state index contributed by atoms with van der Waals surface area (Å²) in [5.41, 5.74) is 2.59. The molecular weight excluding hydrogens is 665 g/mol. The zero-order valence-electron chi connectivity index (χ0n) is 35.5. The zero-order chi connectivity index (χ0) is 37.9. The third-order valence-corrected chi connectivity index (χ3v) is 28.1. The van der Waals surface area contributed by atoms with Gasteiger partial charge in [0, 0.05) is 27.5 Å². The van der Waals surface area contributed by atoms with Crippen molar-refractivity contribution in [2.24, 2.45) is 0 Å². The fourth-order valence-electron chi connectivity index (χ4n) is 6.16. The Morgan fingerprint density at radius 2 is 1.21 bits per heavy atom. The Bertz CT molecular complexity index is 936. The van der Waals surface area contributed by atoms with Crippen LogP contribution < -0.4 is 0 Å². The van der Waals surface area contributed by atoms with Gasteiger partial charge < -0.3 is 27.5 Å². The first-order chi connectivity index (χ1) is 21.5. The molecule has 0 saturated heterocycles. The number of carbonyl (C=O) groups excluding carboxylic acids is 1. The van der Waals surface area contributed by atoms with E-state index in [-0.39, 0.29) is 35.2 Å². The minimum absolute atomic E-state index is 0.0411. The molecule has 0 heterocycles. The highest BCUT2D eigenvalue weighted by molar-refractivity contribution is 6.77. The van der Waals surface area contributed by atoms with Crippen LogP contribution in [0.3, 0.4) is 0 Å². The van der Waals surface area contributed by atoms with E-state index in [9.17, 15) is 4.79 Å². The van der Waals surface area contributed by atoms with Crippen LogP contribution in [0.4, 0.5) is 0 Å². The van der Waals surface area contributed by atoms with Crippen molar-refractivity contribution in [2.75, 3.05) is 20.0 Å². The molecule has 0 aliphatic rings. The zero-order valence-corrected chi connectivity index (χ0v) is 39.5. The summed E-state index contributed by atoms with van der Waals surface area (Å²) in [7, 11) is -7.47. The van der Waals surface area contributed by atoms with Crippen molar-refractivity contribution in [3.63, 3.8) is 0 Å². The summed E-state index contributed by atoms with van der Waals surface area (Å²) in [5, 5.41) is 0.122. The van der Waals surface area contributed by atoms with Gasteiger partial charge in [0.15, 0.2) is 16.6 Å². The molecule has 0 amide bonds. The lowest BCUT2D eigenvalue weighted by atomic mass is 9.99. The van der Waals surface area contributed by atoms with Crippen molar-refractivity contribution in [1.82, 2.24) is 0 Å². The fraction of sp³-hybridized carbons (Fsp3) is 0.921. The Balaban J connectivity index is 6.55. The van der Waals surface area contributed by atoms with Gasteiger partial charge in [-0.3, -0.25) is 0 Å². The maximum Gasteiger partial charge on any atom is 0.200 e. The van der Waals surface area contributed by atoms with Gasteiger partial charge in [0.05, 0.1) is 24.9 Å². The van der Waals surface area contributed by atoms with Gasteiger partial charge in [-0.05, 0) is 72.3 Å². The van der Waals surface area contributed by atoms with E-state index in [1.807, 2.05) is 0 Å². The molecule has 0 saturated carbocycles. The Morgan fingerprint density at radius 1 is 0.729 bits per heavy atom. The Hall–Kier alpha value is 0.0775. The number of ether oxygens (including phenoxy) is 2. The van der Waals surface area contributed by atoms with Crippen LogP contribution in [0.5, 0.6) is 0 Å². The number of rotatable bonds is 23. The van der Waals surface area contributed by atoms with Gasteiger partial charge >= 0.3 is 0 Å². The Kier molecular flexibility index (Phi) is 19.8. The monoisotopic (exact) mass is 747 g/mol. The van der Waals surface area contributed by atoms with E-state index in [1.165, 1.54) is 0 Å². The van der Waals surface area contributed by atoms with Crippen molar-refractivity contribution >= 4 is 39.3 Å². The third-order valence-electron chi connectivity index (χ3n) is 11.2. The molecule has 0 unspecified atom stereocenters. The van der Waals surface area contributed by atoms with Crippen LogP contribution in [0.1, 0.15) is 109 Å². The van der Waals surface area contributed by atoms with Crippen molar-refractivity contribution in [3.05, 3.63) is 11.6 Å². The first-order valence-corrected chi connectivity index (χ1v) is 30.5. The lowest BCUT2D eigenvalue weighted by Gasteiger charge is -2.43. The average Bonchev–Trinajstić information content (AvgIpc) is 2.87. The summed E-state index contributed by atoms with van der Waals surface area (Å²) in [6, 6.07) is 1.10. The van der Waals surface area contributed by atoms with E-state index >= 15 is 0 Å². The Labute approximate surface area is 303 Å². The molecule has 10 heteroatoms. The average molecular weight is 747 g/mol. The SMILES string of the molecule is CC(C)[Si](OC/C=C(/CC=O)C[C@@H](C[C@@H](OCOCC[Si](C)(C)C)[C@@H](C)O[Si](C)(C)C(C)(C)C)O[Si](C)(C)C(C)(C)C)(C(C)C)C(C)C. The van der Waals surface area contributed by atoms with Crippen LogP contribution in [0, 0.1) is 0 Å². The molecule has 0 bridgehead atoms. The topological polar surface area (TPSA) is 63.2 Å². The molecule has 48 heavy (non-hydrogen) atoms. The second-order valence-corrected chi connectivity index (χ2v) is 40.0. The van der Waals surface area contributed by atoms with Gasteiger partial charge in [-0.25, -0.2) is 0 Å². The Morgan fingerprint density at radius 3 is 1.62 bits per heavy atom. The minimum Gasteiger partial charge on any atom is -0.414 e. The van der Waals surface area contributed by atoms with E-state index < -0.39 is 33.0 Å². The maximum atomic E-state index is 12.0. The van der Waals surface area contributed by atoms with Crippen molar-refractivity contribution in [1.29, 1.82) is 0 Å².